The van der Waals surface area contributed by atoms with Crippen LogP contribution in [0.15, 0.2) is 18.2 Å². The normalized spacial score (nSPS) is 17.1. The van der Waals surface area contributed by atoms with Crippen molar-refractivity contribution in [2.45, 2.75) is 26.4 Å². The van der Waals surface area contributed by atoms with E-state index in [9.17, 15) is 19.2 Å². The van der Waals surface area contributed by atoms with Gasteiger partial charge in [0.2, 0.25) is 5.91 Å². The Morgan fingerprint density at radius 3 is 2.45 bits per heavy atom. The van der Waals surface area contributed by atoms with E-state index in [0.29, 0.717) is 17.2 Å². The molecule has 0 unspecified atom stereocenters. The van der Waals surface area contributed by atoms with Crippen LogP contribution in [-0.4, -0.2) is 50.7 Å². The Hall–Kier alpha value is -3.30. The maximum Gasteiger partial charge on any atom is 0.318 e. The summed E-state index contributed by atoms with van der Waals surface area (Å²) in [4.78, 5) is 49.5. The van der Waals surface area contributed by atoms with Crippen molar-refractivity contribution in [3.63, 3.8) is 0 Å². The average molecular weight is 407 g/mol. The number of anilines is 1. The molecule has 1 aliphatic rings. The van der Waals surface area contributed by atoms with Crippen LogP contribution in [-0.2, 0) is 19.1 Å². The number of methoxy groups -OCH3 is 2. The topological polar surface area (TPSA) is 137 Å². The highest BCUT2D eigenvalue weighted by atomic mass is 16.5. The van der Waals surface area contributed by atoms with Crippen LogP contribution in [0.25, 0.3) is 0 Å². The average Bonchev–Trinajstić information content (AvgIpc) is 3.05. The minimum Gasteiger partial charge on any atom is -0.497 e. The second-order valence-corrected chi connectivity index (χ2v) is 6.90. The molecule has 10 nitrogen and oxygen atoms in total. The van der Waals surface area contributed by atoms with Gasteiger partial charge in [-0.3, -0.25) is 19.7 Å². The number of esters is 1. The summed E-state index contributed by atoms with van der Waals surface area (Å²) >= 11 is 0. The van der Waals surface area contributed by atoms with Crippen LogP contribution in [0.3, 0.4) is 0 Å². The number of urea groups is 1. The second kappa shape index (κ2) is 9.26. The molecule has 0 saturated carbocycles. The summed E-state index contributed by atoms with van der Waals surface area (Å²) in [6, 6.07) is 3.95. The lowest BCUT2D eigenvalue weighted by Crippen LogP contribution is -2.46. The van der Waals surface area contributed by atoms with Crippen LogP contribution in [0.4, 0.5) is 10.5 Å². The zero-order chi connectivity index (χ0) is 21.7. The largest absolute Gasteiger partial charge is 0.497 e. The van der Waals surface area contributed by atoms with Gasteiger partial charge in [-0.2, -0.15) is 0 Å². The lowest BCUT2D eigenvalue weighted by molar-refractivity contribution is -0.161. The predicted molar refractivity (Wildman–Crippen MR) is 102 cm³/mol. The monoisotopic (exact) mass is 407 g/mol. The summed E-state index contributed by atoms with van der Waals surface area (Å²) in [5, 5.41) is 1.91. The molecule has 1 saturated heterocycles. The SMILES string of the molecule is COc1ccc(N2C[C@H](C(=O)O[C@H](C(=O)NC(N)=O)C(C)C)CC2=O)c(OC)c1. The Bertz CT molecular complexity index is 809. The van der Waals surface area contributed by atoms with Gasteiger partial charge in [-0.15, -0.1) is 0 Å². The third-order valence-corrected chi connectivity index (χ3v) is 4.49. The van der Waals surface area contributed by atoms with Gasteiger partial charge < -0.3 is 24.8 Å². The van der Waals surface area contributed by atoms with Gasteiger partial charge in [0, 0.05) is 19.0 Å². The third kappa shape index (κ3) is 5.15. The van der Waals surface area contributed by atoms with E-state index in [1.54, 1.807) is 32.0 Å². The van der Waals surface area contributed by atoms with Gasteiger partial charge in [0.25, 0.3) is 5.91 Å². The Labute approximate surface area is 168 Å². The molecule has 0 aromatic heterocycles. The summed E-state index contributed by atoms with van der Waals surface area (Å²) in [6.45, 7) is 3.39. The highest BCUT2D eigenvalue weighted by Crippen LogP contribution is 2.36. The molecule has 0 bridgehead atoms. The van der Waals surface area contributed by atoms with Crippen LogP contribution in [0.1, 0.15) is 20.3 Å². The molecule has 1 heterocycles. The number of imide groups is 1. The number of hydrogen-bond donors (Lipinski definition) is 2. The fourth-order valence-electron chi connectivity index (χ4n) is 3.01. The summed E-state index contributed by atoms with van der Waals surface area (Å²) < 4.78 is 15.8. The lowest BCUT2D eigenvalue weighted by atomic mass is 10.1. The van der Waals surface area contributed by atoms with Crippen LogP contribution in [0, 0.1) is 11.8 Å². The van der Waals surface area contributed by atoms with Gasteiger partial charge >= 0.3 is 12.0 Å². The number of benzene rings is 1. The minimum atomic E-state index is -1.20. The molecule has 10 heteroatoms. The van der Waals surface area contributed by atoms with Gasteiger partial charge in [0.05, 0.1) is 25.8 Å². The zero-order valence-electron chi connectivity index (χ0n) is 16.8. The highest BCUT2D eigenvalue weighted by Gasteiger charge is 2.39. The van der Waals surface area contributed by atoms with E-state index in [-0.39, 0.29) is 18.9 Å². The van der Waals surface area contributed by atoms with Crippen LogP contribution < -0.4 is 25.4 Å². The lowest BCUT2D eigenvalue weighted by Gasteiger charge is -2.22. The molecule has 2 atom stereocenters. The maximum absolute atomic E-state index is 12.6. The standard InChI is InChI=1S/C19H25N3O7/c1-10(2)16(17(24)21-19(20)26)29-18(25)11-7-15(23)22(9-11)13-6-5-12(27-3)8-14(13)28-4/h5-6,8,10-11,16H,7,9H2,1-4H3,(H3,20,21,24,26)/t11-,16+/m1/s1. The van der Waals surface area contributed by atoms with Gasteiger partial charge in [0.15, 0.2) is 6.10 Å². The first-order valence-corrected chi connectivity index (χ1v) is 9.01. The minimum absolute atomic E-state index is 0.0720. The van der Waals surface area contributed by atoms with Gasteiger partial charge in [0.1, 0.15) is 11.5 Å². The first-order chi connectivity index (χ1) is 13.7. The molecule has 158 valence electrons. The number of rotatable bonds is 7. The fourth-order valence-corrected chi connectivity index (χ4v) is 3.01. The molecular weight excluding hydrogens is 382 g/mol. The highest BCUT2D eigenvalue weighted by molar-refractivity contribution is 6.01. The van der Waals surface area contributed by atoms with Gasteiger partial charge in [-0.1, -0.05) is 13.8 Å². The van der Waals surface area contributed by atoms with Gasteiger partial charge in [-0.25, -0.2) is 4.79 Å². The van der Waals surface area contributed by atoms with Crippen molar-refractivity contribution >= 4 is 29.5 Å². The Morgan fingerprint density at radius 1 is 1.21 bits per heavy atom. The molecule has 0 radical (unpaired) electrons. The van der Waals surface area contributed by atoms with Crippen molar-refractivity contribution in [2.24, 2.45) is 17.6 Å². The van der Waals surface area contributed by atoms with Crippen molar-refractivity contribution in [1.29, 1.82) is 0 Å². The molecule has 1 aromatic rings. The molecule has 4 amide bonds. The number of ether oxygens (including phenoxy) is 3. The molecule has 1 aromatic carbocycles. The van der Waals surface area contributed by atoms with E-state index >= 15 is 0 Å². The molecule has 0 spiro atoms. The molecule has 1 aliphatic heterocycles. The summed E-state index contributed by atoms with van der Waals surface area (Å²) in [5.74, 6) is -1.96. The van der Waals surface area contributed by atoms with E-state index in [1.165, 1.54) is 19.1 Å². The van der Waals surface area contributed by atoms with Crippen molar-refractivity contribution in [3.8, 4) is 11.5 Å². The first kappa shape index (κ1) is 22.0. The number of nitrogens with one attached hydrogen (secondary N) is 1. The zero-order valence-corrected chi connectivity index (χ0v) is 16.8. The van der Waals surface area contributed by atoms with Crippen molar-refractivity contribution < 1.29 is 33.4 Å². The maximum atomic E-state index is 12.6. The van der Waals surface area contributed by atoms with E-state index in [2.05, 4.69) is 0 Å². The van der Waals surface area contributed by atoms with E-state index in [0.717, 1.165) is 0 Å². The Kier molecular flexibility index (Phi) is 7.03. The molecule has 3 N–H and O–H groups in total. The molecular formula is C19H25N3O7. The number of amides is 4. The predicted octanol–water partition coefficient (Wildman–Crippen LogP) is 0.819. The van der Waals surface area contributed by atoms with Crippen LogP contribution in [0.5, 0.6) is 11.5 Å². The second-order valence-electron chi connectivity index (χ2n) is 6.90. The first-order valence-electron chi connectivity index (χ1n) is 9.01. The Morgan fingerprint density at radius 2 is 1.90 bits per heavy atom. The number of nitrogens with zero attached hydrogens (tertiary/aromatic N) is 1. The number of nitrogens with two attached hydrogens (primary N) is 1. The summed E-state index contributed by atoms with van der Waals surface area (Å²) in [5.41, 5.74) is 5.45. The molecule has 0 aliphatic carbocycles. The number of carbonyl (C=O) groups is 4. The van der Waals surface area contributed by atoms with Gasteiger partial charge in [-0.05, 0) is 18.1 Å². The smallest absolute Gasteiger partial charge is 0.318 e. The van der Waals surface area contributed by atoms with Crippen LogP contribution >= 0.6 is 0 Å². The van der Waals surface area contributed by atoms with E-state index < -0.39 is 35.8 Å². The molecule has 2 rings (SSSR count). The quantitative estimate of drug-likeness (QED) is 0.638. The van der Waals surface area contributed by atoms with Crippen LogP contribution in [0.2, 0.25) is 0 Å². The number of carbonyl (C=O) groups excluding carboxylic acids is 4. The summed E-state index contributed by atoms with van der Waals surface area (Å²) in [7, 11) is 2.98. The summed E-state index contributed by atoms with van der Waals surface area (Å²) in [6.07, 6.45) is -1.27. The van der Waals surface area contributed by atoms with E-state index in [4.69, 9.17) is 19.9 Å². The van der Waals surface area contributed by atoms with E-state index in [1.807, 2.05) is 5.32 Å². The number of hydrogen-bond acceptors (Lipinski definition) is 7. The van der Waals surface area contributed by atoms with Crippen molar-refractivity contribution in [3.05, 3.63) is 18.2 Å². The fraction of sp³-hybridized carbons (Fsp3) is 0.474. The third-order valence-electron chi connectivity index (χ3n) is 4.49. The number of primary amides is 1. The molecule has 29 heavy (non-hydrogen) atoms. The van der Waals surface area contributed by atoms with Crippen molar-refractivity contribution in [1.82, 2.24) is 5.32 Å². The Balaban J connectivity index is 2.14. The van der Waals surface area contributed by atoms with Crippen molar-refractivity contribution in [2.75, 3.05) is 25.7 Å². The molecule has 1 fully saturated rings.